The van der Waals surface area contributed by atoms with Crippen LogP contribution >= 0.6 is 11.6 Å². The first-order chi connectivity index (χ1) is 14.8. The zero-order valence-electron chi connectivity index (χ0n) is 16.8. The average molecular weight is 453 g/mol. The number of likely N-dealkylation sites (tertiary alicyclic amines) is 1. The zero-order chi connectivity index (χ0) is 22.3. The molecule has 166 valence electrons. The van der Waals surface area contributed by atoms with E-state index in [-0.39, 0.29) is 47.9 Å². The molecule has 3 heterocycles. The lowest BCUT2D eigenvalue weighted by Gasteiger charge is -2.29. The van der Waals surface area contributed by atoms with Crippen LogP contribution in [0.15, 0.2) is 18.2 Å². The number of nitrogens with one attached hydrogen (secondary N) is 2. The minimum atomic E-state index is -0.790. The van der Waals surface area contributed by atoms with Gasteiger partial charge in [-0.05, 0) is 31.0 Å². The molecule has 1 aromatic carbocycles. The van der Waals surface area contributed by atoms with Crippen LogP contribution in [-0.4, -0.2) is 84.4 Å². The Hall–Kier alpha value is -2.72. The van der Waals surface area contributed by atoms with E-state index in [2.05, 4.69) is 10.6 Å². The Kier molecular flexibility index (Phi) is 5.85. The Bertz CT molecular complexity index is 944. The molecule has 3 aliphatic heterocycles. The van der Waals surface area contributed by atoms with Crippen molar-refractivity contribution in [2.75, 3.05) is 26.8 Å². The first kappa shape index (κ1) is 21.5. The van der Waals surface area contributed by atoms with Gasteiger partial charge in [0.25, 0.3) is 5.91 Å². The Morgan fingerprint density at radius 1 is 1.35 bits per heavy atom. The van der Waals surface area contributed by atoms with Crippen molar-refractivity contribution in [3.05, 3.63) is 34.6 Å². The first-order valence-corrected chi connectivity index (χ1v) is 10.3. The molecule has 9 nitrogen and oxygen atoms in total. The minimum absolute atomic E-state index is 0.132. The van der Waals surface area contributed by atoms with Gasteiger partial charge in [-0.25, -0.2) is 4.39 Å². The van der Waals surface area contributed by atoms with E-state index >= 15 is 0 Å². The summed E-state index contributed by atoms with van der Waals surface area (Å²) in [6.45, 7) is 0.341. The van der Waals surface area contributed by atoms with Gasteiger partial charge >= 0.3 is 0 Å². The molecule has 3 aliphatic rings. The second kappa shape index (κ2) is 8.43. The third-order valence-electron chi connectivity index (χ3n) is 5.97. The molecule has 4 amide bonds. The fraction of sp³-hybridized carbons (Fsp3) is 0.500. The van der Waals surface area contributed by atoms with Crippen LogP contribution < -0.4 is 10.6 Å². The van der Waals surface area contributed by atoms with Crippen LogP contribution in [0.1, 0.15) is 23.2 Å². The molecule has 0 radical (unpaired) electrons. The predicted octanol–water partition coefficient (Wildman–Crippen LogP) is -0.0759. The van der Waals surface area contributed by atoms with Gasteiger partial charge in [0.05, 0.1) is 11.1 Å². The van der Waals surface area contributed by atoms with Crippen molar-refractivity contribution >= 4 is 35.2 Å². The standard InChI is InChI=1S/C20H22ClFN4O5/c1-31-9-16(27)25-5-4-14-17(25)20(30)26-8-11(7-15(26)19(29)24-14)23-18(28)10-2-3-13(22)12(21)6-10/h2-3,6,11,14-15,17H,4-5,7-9H2,1H3,(H,23,28)(H,24,29). The van der Waals surface area contributed by atoms with Crippen molar-refractivity contribution in [1.82, 2.24) is 20.4 Å². The van der Waals surface area contributed by atoms with Crippen molar-refractivity contribution in [2.24, 2.45) is 0 Å². The molecule has 0 aliphatic carbocycles. The van der Waals surface area contributed by atoms with Gasteiger partial charge in [-0.2, -0.15) is 0 Å². The SMILES string of the molecule is COCC(=O)N1CCC2NC(=O)C3CC(NC(=O)c4ccc(F)c(Cl)c4)CN3C(=O)C21. The van der Waals surface area contributed by atoms with Crippen molar-refractivity contribution < 1.29 is 28.3 Å². The maximum Gasteiger partial charge on any atom is 0.251 e. The molecule has 0 spiro atoms. The summed E-state index contributed by atoms with van der Waals surface area (Å²) in [5.74, 6) is -2.05. The summed E-state index contributed by atoms with van der Waals surface area (Å²) in [6, 6.07) is 1.19. The Balaban J connectivity index is 1.49. The van der Waals surface area contributed by atoms with E-state index in [9.17, 15) is 23.6 Å². The van der Waals surface area contributed by atoms with Crippen LogP contribution in [0, 0.1) is 5.82 Å². The van der Waals surface area contributed by atoms with E-state index in [0.29, 0.717) is 13.0 Å². The number of ether oxygens (including phenoxy) is 1. The van der Waals surface area contributed by atoms with Gasteiger partial charge in [-0.3, -0.25) is 19.2 Å². The van der Waals surface area contributed by atoms with Crippen LogP contribution in [0.5, 0.6) is 0 Å². The maximum absolute atomic E-state index is 13.3. The molecule has 2 N–H and O–H groups in total. The quantitative estimate of drug-likeness (QED) is 0.664. The molecule has 4 unspecified atom stereocenters. The van der Waals surface area contributed by atoms with Crippen molar-refractivity contribution in [3.8, 4) is 0 Å². The number of rotatable bonds is 4. The number of carbonyl (C=O) groups is 4. The van der Waals surface area contributed by atoms with Gasteiger partial charge < -0.3 is 25.2 Å². The molecule has 0 saturated carbocycles. The molecule has 31 heavy (non-hydrogen) atoms. The molecule has 3 fully saturated rings. The molecule has 0 aromatic heterocycles. The lowest BCUT2D eigenvalue weighted by molar-refractivity contribution is -0.146. The molecular weight excluding hydrogens is 431 g/mol. The third kappa shape index (κ3) is 3.97. The summed E-state index contributed by atoms with van der Waals surface area (Å²) in [7, 11) is 1.40. The van der Waals surface area contributed by atoms with Gasteiger partial charge in [-0.1, -0.05) is 11.6 Å². The topological polar surface area (TPSA) is 108 Å². The molecule has 1 aromatic rings. The van der Waals surface area contributed by atoms with Gasteiger partial charge in [0.2, 0.25) is 17.7 Å². The van der Waals surface area contributed by atoms with Crippen molar-refractivity contribution in [3.63, 3.8) is 0 Å². The largest absolute Gasteiger partial charge is 0.375 e. The van der Waals surface area contributed by atoms with Gasteiger partial charge in [-0.15, -0.1) is 0 Å². The highest BCUT2D eigenvalue weighted by atomic mass is 35.5. The fourth-order valence-electron chi connectivity index (χ4n) is 4.52. The van der Waals surface area contributed by atoms with Crippen molar-refractivity contribution in [1.29, 1.82) is 0 Å². The summed E-state index contributed by atoms with van der Waals surface area (Å²) >= 11 is 5.74. The van der Waals surface area contributed by atoms with Gasteiger partial charge in [0, 0.05) is 31.8 Å². The molecule has 0 bridgehead atoms. The number of hydrogen-bond acceptors (Lipinski definition) is 5. The molecule has 3 saturated heterocycles. The number of methoxy groups -OCH3 is 1. The van der Waals surface area contributed by atoms with E-state index < -0.39 is 35.9 Å². The summed E-state index contributed by atoms with van der Waals surface area (Å²) in [5.41, 5.74) is 0.177. The number of amides is 4. The normalized spacial score (nSPS) is 27.5. The summed E-state index contributed by atoms with van der Waals surface area (Å²) < 4.78 is 18.3. The van der Waals surface area contributed by atoms with Crippen LogP contribution in [-0.2, 0) is 19.1 Å². The third-order valence-corrected chi connectivity index (χ3v) is 6.26. The van der Waals surface area contributed by atoms with Gasteiger partial charge in [0.15, 0.2) is 0 Å². The number of fused-ring (bicyclic) bond motifs is 2. The summed E-state index contributed by atoms with van der Waals surface area (Å²) in [4.78, 5) is 53.8. The summed E-state index contributed by atoms with van der Waals surface area (Å²) in [6.07, 6.45) is 0.730. The number of benzene rings is 1. The van der Waals surface area contributed by atoms with E-state index in [1.807, 2.05) is 0 Å². The second-order valence-corrected chi connectivity index (χ2v) is 8.32. The van der Waals surface area contributed by atoms with Crippen molar-refractivity contribution in [2.45, 2.75) is 37.0 Å². The maximum atomic E-state index is 13.3. The van der Waals surface area contributed by atoms with Gasteiger partial charge in [0.1, 0.15) is 24.5 Å². The highest BCUT2D eigenvalue weighted by molar-refractivity contribution is 6.31. The second-order valence-electron chi connectivity index (χ2n) is 7.91. The van der Waals surface area contributed by atoms with Crippen LogP contribution in [0.25, 0.3) is 0 Å². The number of halogens is 2. The highest BCUT2D eigenvalue weighted by Crippen LogP contribution is 2.29. The number of nitrogens with zero attached hydrogens (tertiary/aromatic N) is 2. The lowest BCUT2D eigenvalue weighted by Crippen LogP contribution is -2.53. The van der Waals surface area contributed by atoms with Crippen LogP contribution in [0.3, 0.4) is 0 Å². The Morgan fingerprint density at radius 2 is 2.13 bits per heavy atom. The molecular formula is C20H22ClFN4O5. The van der Waals surface area contributed by atoms with Crippen LogP contribution in [0.2, 0.25) is 5.02 Å². The number of carbonyl (C=O) groups excluding carboxylic acids is 4. The number of hydrogen-bond donors (Lipinski definition) is 2. The fourth-order valence-corrected chi connectivity index (χ4v) is 4.70. The van der Waals surface area contributed by atoms with Crippen LogP contribution in [0.4, 0.5) is 4.39 Å². The van der Waals surface area contributed by atoms with E-state index in [1.165, 1.54) is 29.0 Å². The average Bonchev–Trinajstić information content (AvgIpc) is 3.32. The Morgan fingerprint density at radius 3 is 2.84 bits per heavy atom. The van der Waals surface area contributed by atoms with E-state index in [4.69, 9.17) is 16.3 Å². The monoisotopic (exact) mass is 452 g/mol. The zero-order valence-corrected chi connectivity index (χ0v) is 17.5. The minimum Gasteiger partial charge on any atom is -0.375 e. The lowest BCUT2D eigenvalue weighted by atomic mass is 10.1. The molecule has 11 heteroatoms. The molecule has 4 atom stereocenters. The van der Waals surface area contributed by atoms with E-state index in [0.717, 1.165) is 6.07 Å². The first-order valence-electron chi connectivity index (χ1n) is 9.95. The highest BCUT2D eigenvalue weighted by Gasteiger charge is 2.52. The summed E-state index contributed by atoms with van der Waals surface area (Å²) in [5, 5.41) is 5.49. The Labute approximate surface area is 182 Å². The molecule has 4 rings (SSSR count). The van der Waals surface area contributed by atoms with E-state index in [1.54, 1.807) is 0 Å². The smallest absolute Gasteiger partial charge is 0.251 e. The predicted molar refractivity (Wildman–Crippen MR) is 107 cm³/mol.